The molecule has 0 aromatic carbocycles. The Labute approximate surface area is 103 Å². The average Bonchev–Trinajstić information content (AvgIpc) is 2.50. The van der Waals surface area contributed by atoms with E-state index >= 15 is 0 Å². The van der Waals surface area contributed by atoms with Crippen molar-refractivity contribution in [2.45, 2.75) is 38.6 Å². The zero-order valence-electron chi connectivity index (χ0n) is 10.4. The van der Waals surface area contributed by atoms with Crippen LogP contribution < -0.4 is 5.73 Å². The van der Waals surface area contributed by atoms with Gasteiger partial charge in [-0.3, -0.25) is 4.79 Å². The lowest BCUT2D eigenvalue weighted by Crippen LogP contribution is -2.44. The summed E-state index contributed by atoms with van der Waals surface area (Å²) in [5, 5.41) is 0. The summed E-state index contributed by atoms with van der Waals surface area (Å²) in [5.74, 6) is 1.88. The van der Waals surface area contributed by atoms with Crippen LogP contribution in [0.3, 0.4) is 0 Å². The lowest BCUT2D eigenvalue weighted by atomic mass is 10.0. The number of likely N-dealkylation sites (tertiary alicyclic amines) is 1. The summed E-state index contributed by atoms with van der Waals surface area (Å²) in [6.45, 7) is 4.06. The number of amides is 1. The van der Waals surface area contributed by atoms with Gasteiger partial charge in [0.25, 0.3) is 0 Å². The van der Waals surface area contributed by atoms with Crippen molar-refractivity contribution < 1.29 is 4.79 Å². The molecule has 0 saturated carbocycles. The molecule has 0 spiro atoms. The third kappa shape index (κ3) is 4.34. The van der Waals surface area contributed by atoms with Crippen molar-refractivity contribution in [3.05, 3.63) is 0 Å². The van der Waals surface area contributed by atoms with E-state index < -0.39 is 0 Å². The molecule has 1 fully saturated rings. The van der Waals surface area contributed by atoms with E-state index in [0.717, 1.165) is 44.0 Å². The van der Waals surface area contributed by atoms with E-state index in [-0.39, 0.29) is 11.9 Å². The van der Waals surface area contributed by atoms with Crippen LogP contribution in [0.1, 0.15) is 32.6 Å². The molecule has 0 aliphatic carbocycles. The minimum absolute atomic E-state index is 0.156. The molecule has 0 bridgehead atoms. The zero-order valence-corrected chi connectivity index (χ0v) is 11.3. The number of nitrogens with two attached hydrogens (primary N) is 1. The number of carbonyl (C=O) groups excluding carboxylic acids is 1. The maximum atomic E-state index is 12.1. The van der Waals surface area contributed by atoms with Crippen LogP contribution in [0.2, 0.25) is 0 Å². The second-order valence-corrected chi connectivity index (χ2v) is 5.73. The van der Waals surface area contributed by atoms with Crippen molar-refractivity contribution in [3.63, 3.8) is 0 Å². The largest absolute Gasteiger partial charge is 0.341 e. The SMILES string of the molecule is CSCC[C@H](N)C(=O)N1CCCC(C)CC1. The van der Waals surface area contributed by atoms with Crippen LogP contribution in [0, 0.1) is 5.92 Å². The second kappa shape index (κ2) is 7.17. The molecule has 2 atom stereocenters. The Morgan fingerprint density at radius 3 is 2.94 bits per heavy atom. The molecule has 1 rings (SSSR count). The fraction of sp³-hybridized carbons (Fsp3) is 0.917. The van der Waals surface area contributed by atoms with Crippen molar-refractivity contribution in [1.29, 1.82) is 0 Å². The highest BCUT2D eigenvalue weighted by molar-refractivity contribution is 7.98. The summed E-state index contributed by atoms with van der Waals surface area (Å²) < 4.78 is 0. The Hall–Kier alpha value is -0.220. The third-order valence-corrected chi connectivity index (χ3v) is 3.92. The van der Waals surface area contributed by atoms with E-state index in [1.807, 2.05) is 11.2 Å². The fourth-order valence-corrected chi connectivity index (χ4v) is 2.58. The minimum atomic E-state index is -0.291. The van der Waals surface area contributed by atoms with Crippen LogP contribution in [0.25, 0.3) is 0 Å². The summed E-state index contributed by atoms with van der Waals surface area (Å²) in [7, 11) is 0. The van der Waals surface area contributed by atoms with Crippen LogP contribution in [0.15, 0.2) is 0 Å². The van der Waals surface area contributed by atoms with Gasteiger partial charge < -0.3 is 10.6 Å². The Morgan fingerprint density at radius 2 is 2.25 bits per heavy atom. The number of carbonyl (C=O) groups is 1. The summed E-state index contributed by atoms with van der Waals surface area (Å²) >= 11 is 1.75. The summed E-state index contributed by atoms with van der Waals surface area (Å²) in [5.41, 5.74) is 5.92. The van der Waals surface area contributed by atoms with Gasteiger partial charge in [-0.1, -0.05) is 6.92 Å². The van der Waals surface area contributed by atoms with Crippen LogP contribution in [0.4, 0.5) is 0 Å². The Bertz CT molecular complexity index is 223. The van der Waals surface area contributed by atoms with Crippen LogP contribution in [-0.4, -0.2) is 41.9 Å². The van der Waals surface area contributed by atoms with Gasteiger partial charge in [0, 0.05) is 13.1 Å². The molecule has 1 saturated heterocycles. The normalized spacial score (nSPS) is 23.9. The van der Waals surface area contributed by atoms with Gasteiger partial charge in [0.15, 0.2) is 0 Å². The highest BCUT2D eigenvalue weighted by Crippen LogP contribution is 2.17. The first-order valence-corrected chi connectivity index (χ1v) is 7.58. The van der Waals surface area contributed by atoms with Crippen molar-refractivity contribution in [3.8, 4) is 0 Å². The topological polar surface area (TPSA) is 46.3 Å². The number of hydrogen-bond acceptors (Lipinski definition) is 3. The Kier molecular flexibility index (Phi) is 6.21. The van der Waals surface area contributed by atoms with Crippen LogP contribution in [0.5, 0.6) is 0 Å². The summed E-state index contributed by atoms with van der Waals surface area (Å²) in [4.78, 5) is 14.0. The highest BCUT2D eigenvalue weighted by Gasteiger charge is 2.22. The van der Waals surface area contributed by atoms with E-state index in [1.165, 1.54) is 6.42 Å². The van der Waals surface area contributed by atoms with E-state index in [9.17, 15) is 4.79 Å². The summed E-state index contributed by atoms with van der Waals surface area (Å²) in [6, 6.07) is -0.291. The number of rotatable bonds is 4. The van der Waals surface area contributed by atoms with E-state index in [1.54, 1.807) is 11.8 Å². The Balaban J connectivity index is 2.39. The molecule has 0 aromatic heterocycles. The van der Waals surface area contributed by atoms with Crippen molar-refractivity contribution in [2.75, 3.05) is 25.1 Å². The maximum absolute atomic E-state index is 12.1. The van der Waals surface area contributed by atoms with Gasteiger partial charge in [0.05, 0.1) is 6.04 Å². The first-order chi connectivity index (χ1) is 7.65. The van der Waals surface area contributed by atoms with Crippen LogP contribution >= 0.6 is 11.8 Å². The second-order valence-electron chi connectivity index (χ2n) is 4.75. The highest BCUT2D eigenvalue weighted by atomic mass is 32.2. The van der Waals surface area contributed by atoms with Crippen LogP contribution in [-0.2, 0) is 4.79 Å². The predicted octanol–water partition coefficient (Wildman–Crippen LogP) is 1.72. The molecule has 1 unspecified atom stereocenters. The predicted molar refractivity (Wildman–Crippen MR) is 70.6 cm³/mol. The molecule has 2 N–H and O–H groups in total. The first-order valence-electron chi connectivity index (χ1n) is 6.18. The van der Waals surface area contributed by atoms with Gasteiger partial charge in [0.2, 0.25) is 5.91 Å². The Morgan fingerprint density at radius 1 is 1.50 bits per heavy atom. The van der Waals surface area contributed by atoms with E-state index in [0.29, 0.717) is 0 Å². The lowest BCUT2D eigenvalue weighted by molar-refractivity contribution is -0.132. The molecule has 1 amide bonds. The van der Waals surface area contributed by atoms with Gasteiger partial charge in [-0.2, -0.15) is 11.8 Å². The molecule has 0 radical (unpaired) electrons. The van der Waals surface area contributed by atoms with Gasteiger partial charge in [-0.05, 0) is 43.6 Å². The van der Waals surface area contributed by atoms with E-state index in [4.69, 9.17) is 5.73 Å². The first kappa shape index (κ1) is 13.8. The molecule has 1 aliphatic heterocycles. The zero-order chi connectivity index (χ0) is 12.0. The maximum Gasteiger partial charge on any atom is 0.239 e. The number of hydrogen-bond donors (Lipinski definition) is 1. The molecule has 1 heterocycles. The molecular weight excluding hydrogens is 220 g/mol. The van der Waals surface area contributed by atoms with Gasteiger partial charge in [0.1, 0.15) is 0 Å². The molecule has 4 heteroatoms. The van der Waals surface area contributed by atoms with Gasteiger partial charge >= 0.3 is 0 Å². The van der Waals surface area contributed by atoms with Gasteiger partial charge in [-0.15, -0.1) is 0 Å². The quantitative estimate of drug-likeness (QED) is 0.819. The number of thioether (sulfide) groups is 1. The standard InChI is InChI=1S/C12H24N2OS/c1-10-4-3-7-14(8-5-10)12(15)11(13)6-9-16-2/h10-11H,3-9,13H2,1-2H3/t10?,11-/m0/s1. The molecule has 16 heavy (non-hydrogen) atoms. The molecule has 3 nitrogen and oxygen atoms in total. The third-order valence-electron chi connectivity index (χ3n) is 3.28. The fourth-order valence-electron chi connectivity index (χ4n) is 2.09. The number of nitrogens with zero attached hydrogens (tertiary/aromatic N) is 1. The van der Waals surface area contributed by atoms with E-state index in [2.05, 4.69) is 6.92 Å². The molecule has 94 valence electrons. The molecule has 1 aliphatic rings. The monoisotopic (exact) mass is 244 g/mol. The molecular formula is C12H24N2OS. The minimum Gasteiger partial charge on any atom is -0.341 e. The summed E-state index contributed by atoms with van der Waals surface area (Å²) in [6.07, 6.45) is 6.34. The van der Waals surface area contributed by atoms with Crippen molar-refractivity contribution in [2.24, 2.45) is 11.7 Å². The van der Waals surface area contributed by atoms with Crippen molar-refractivity contribution in [1.82, 2.24) is 4.90 Å². The average molecular weight is 244 g/mol. The lowest BCUT2D eigenvalue weighted by Gasteiger charge is -2.24. The van der Waals surface area contributed by atoms with Gasteiger partial charge in [-0.25, -0.2) is 0 Å². The molecule has 0 aromatic rings. The van der Waals surface area contributed by atoms with Crippen molar-refractivity contribution >= 4 is 17.7 Å². The smallest absolute Gasteiger partial charge is 0.239 e.